The summed E-state index contributed by atoms with van der Waals surface area (Å²) in [7, 11) is 0. The SMILES string of the molecule is CC(OCC1CCCCO1)C(=O)Nc1cnnn1-c1ccccc1. The van der Waals surface area contributed by atoms with E-state index in [0.29, 0.717) is 12.4 Å². The van der Waals surface area contributed by atoms with Gasteiger partial charge in [-0.3, -0.25) is 4.79 Å². The van der Waals surface area contributed by atoms with Gasteiger partial charge in [0.25, 0.3) is 5.91 Å². The number of amides is 1. The summed E-state index contributed by atoms with van der Waals surface area (Å²) in [5, 5.41) is 10.7. The average molecular weight is 330 g/mol. The molecular formula is C17H22N4O3. The molecule has 128 valence electrons. The van der Waals surface area contributed by atoms with Gasteiger partial charge in [0.1, 0.15) is 6.10 Å². The maximum atomic E-state index is 12.3. The van der Waals surface area contributed by atoms with Crippen LogP contribution < -0.4 is 5.32 Å². The second-order valence-corrected chi connectivity index (χ2v) is 5.82. The zero-order valence-corrected chi connectivity index (χ0v) is 13.7. The van der Waals surface area contributed by atoms with Gasteiger partial charge in [0.15, 0.2) is 5.82 Å². The Morgan fingerprint density at radius 3 is 3.00 bits per heavy atom. The van der Waals surface area contributed by atoms with Crippen LogP contribution in [0.25, 0.3) is 5.69 Å². The van der Waals surface area contributed by atoms with Crippen LogP contribution in [0.4, 0.5) is 5.82 Å². The molecule has 0 bridgehead atoms. The van der Waals surface area contributed by atoms with Crippen LogP contribution in [0.3, 0.4) is 0 Å². The molecule has 1 aromatic carbocycles. The van der Waals surface area contributed by atoms with Crippen LogP contribution in [0, 0.1) is 0 Å². The Bertz CT molecular complexity index is 653. The van der Waals surface area contributed by atoms with Gasteiger partial charge in [0.05, 0.1) is 24.6 Å². The number of rotatable bonds is 6. The molecule has 2 heterocycles. The number of para-hydroxylation sites is 1. The monoisotopic (exact) mass is 330 g/mol. The van der Waals surface area contributed by atoms with E-state index in [-0.39, 0.29) is 12.0 Å². The highest BCUT2D eigenvalue weighted by Gasteiger charge is 2.20. The Hall–Kier alpha value is -2.25. The van der Waals surface area contributed by atoms with Crippen molar-refractivity contribution in [2.24, 2.45) is 0 Å². The number of hydrogen-bond donors (Lipinski definition) is 1. The molecule has 2 aromatic rings. The predicted molar refractivity (Wildman–Crippen MR) is 89.0 cm³/mol. The topological polar surface area (TPSA) is 78.3 Å². The molecule has 0 radical (unpaired) electrons. The summed E-state index contributed by atoms with van der Waals surface area (Å²) in [5.41, 5.74) is 0.828. The third-order valence-corrected chi connectivity index (χ3v) is 3.98. The van der Waals surface area contributed by atoms with Gasteiger partial charge >= 0.3 is 0 Å². The molecule has 7 nitrogen and oxygen atoms in total. The van der Waals surface area contributed by atoms with Gasteiger partial charge in [0, 0.05) is 6.61 Å². The van der Waals surface area contributed by atoms with E-state index in [0.717, 1.165) is 31.6 Å². The Kier molecular flexibility index (Phi) is 5.55. The van der Waals surface area contributed by atoms with Crippen molar-refractivity contribution in [3.63, 3.8) is 0 Å². The molecule has 1 amide bonds. The van der Waals surface area contributed by atoms with Gasteiger partial charge < -0.3 is 14.8 Å². The number of hydrogen-bond acceptors (Lipinski definition) is 5. The molecule has 1 aliphatic rings. The van der Waals surface area contributed by atoms with Gasteiger partial charge in [-0.15, -0.1) is 5.10 Å². The number of anilines is 1. The van der Waals surface area contributed by atoms with E-state index in [2.05, 4.69) is 15.6 Å². The fourth-order valence-electron chi connectivity index (χ4n) is 2.57. The van der Waals surface area contributed by atoms with Crippen LogP contribution in [-0.4, -0.2) is 46.3 Å². The highest BCUT2D eigenvalue weighted by atomic mass is 16.5. The zero-order valence-electron chi connectivity index (χ0n) is 13.7. The molecule has 3 rings (SSSR count). The van der Waals surface area contributed by atoms with E-state index in [1.807, 2.05) is 30.3 Å². The Morgan fingerprint density at radius 1 is 1.42 bits per heavy atom. The van der Waals surface area contributed by atoms with E-state index in [1.54, 1.807) is 11.6 Å². The van der Waals surface area contributed by atoms with Crippen LogP contribution in [0.1, 0.15) is 26.2 Å². The van der Waals surface area contributed by atoms with Crippen molar-refractivity contribution >= 4 is 11.7 Å². The Labute approximate surface area is 141 Å². The molecule has 1 aromatic heterocycles. The molecule has 1 saturated heterocycles. The van der Waals surface area contributed by atoms with Crippen molar-refractivity contribution in [2.75, 3.05) is 18.5 Å². The highest BCUT2D eigenvalue weighted by molar-refractivity contribution is 5.93. The minimum atomic E-state index is -0.574. The van der Waals surface area contributed by atoms with Crippen molar-refractivity contribution in [3.8, 4) is 5.69 Å². The fourth-order valence-corrected chi connectivity index (χ4v) is 2.57. The fraction of sp³-hybridized carbons (Fsp3) is 0.471. The first-order valence-corrected chi connectivity index (χ1v) is 8.24. The van der Waals surface area contributed by atoms with Gasteiger partial charge in [0.2, 0.25) is 0 Å². The van der Waals surface area contributed by atoms with Gasteiger partial charge in [-0.25, -0.2) is 0 Å². The summed E-state index contributed by atoms with van der Waals surface area (Å²) >= 11 is 0. The van der Waals surface area contributed by atoms with E-state index in [4.69, 9.17) is 9.47 Å². The molecular weight excluding hydrogens is 308 g/mol. The molecule has 1 aliphatic heterocycles. The molecule has 0 spiro atoms. The molecule has 2 atom stereocenters. The van der Waals surface area contributed by atoms with Crippen LogP contribution in [-0.2, 0) is 14.3 Å². The van der Waals surface area contributed by atoms with Crippen molar-refractivity contribution < 1.29 is 14.3 Å². The van der Waals surface area contributed by atoms with E-state index in [1.165, 1.54) is 6.20 Å². The van der Waals surface area contributed by atoms with Crippen molar-refractivity contribution in [2.45, 2.75) is 38.4 Å². The second-order valence-electron chi connectivity index (χ2n) is 5.82. The van der Waals surface area contributed by atoms with Gasteiger partial charge in [-0.2, -0.15) is 4.68 Å². The number of nitrogens with zero attached hydrogens (tertiary/aromatic N) is 3. The number of carbonyl (C=O) groups excluding carboxylic acids is 1. The van der Waals surface area contributed by atoms with E-state index in [9.17, 15) is 4.79 Å². The summed E-state index contributed by atoms with van der Waals surface area (Å²) in [6, 6.07) is 9.51. The summed E-state index contributed by atoms with van der Waals surface area (Å²) < 4.78 is 12.8. The van der Waals surface area contributed by atoms with Crippen LogP contribution in [0.5, 0.6) is 0 Å². The third kappa shape index (κ3) is 4.18. The number of nitrogens with one attached hydrogen (secondary N) is 1. The Balaban J connectivity index is 1.56. The molecule has 1 fully saturated rings. The third-order valence-electron chi connectivity index (χ3n) is 3.98. The maximum Gasteiger partial charge on any atom is 0.254 e. The second kappa shape index (κ2) is 8.03. The van der Waals surface area contributed by atoms with Crippen molar-refractivity contribution in [3.05, 3.63) is 36.5 Å². The zero-order chi connectivity index (χ0) is 16.8. The smallest absolute Gasteiger partial charge is 0.254 e. The normalized spacial score (nSPS) is 19.0. The van der Waals surface area contributed by atoms with Gasteiger partial charge in [-0.05, 0) is 38.3 Å². The van der Waals surface area contributed by atoms with E-state index >= 15 is 0 Å². The molecule has 1 N–H and O–H groups in total. The summed E-state index contributed by atoms with van der Waals surface area (Å²) in [4.78, 5) is 12.3. The largest absolute Gasteiger partial charge is 0.376 e. The first-order chi connectivity index (χ1) is 11.7. The first-order valence-electron chi connectivity index (χ1n) is 8.24. The minimum absolute atomic E-state index is 0.0884. The van der Waals surface area contributed by atoms with E-state index < -0.39 is 6.10 Å². The lowest BCUT2D eigenvalue weighted by Gasteiger charge is -2.23. The number of benzene rings is 1. The summed E-state index contributed by atoms with van der Waals surface area (Å²) in [6.45, 7) is 2.94. The molecule has 0 aliphatic carbocycles. The maximum absolute atomic E-state index is 12.3. The average Bonchev–Trinajstić information content (AvgIpc) is 3.09. The molecule has 7 heteroatoms. The highest BCUT2D eigenvalue weighted by Crippen LogP contribution is 2.15. The molecule has 0 saturated carbocycles. The van der Waals surface area contributed by atoms with Gasteiger partial charge in [-0.1, -0.05) is 23.4 Å². The lowest BCUT2D eigenvalue weighted by atomic mass is 10.1. The number of ether oxygens (including phenoxy) is 2. The minimum Gasteiger partial charge on any atom is -0.376 e. The first kappa shape index (κ1) is 16.6. The van der Waals surface area contributed by atoms with Crippen molar-refractivity contribution in [1.82, 2.24) is 15.0 Å². The Morgan fingerprint density at radius 2 is 2.25 bits per heavy atom. The lowest BCUT2D eigenvalue weighted by molar-refractivity contribution is -0.130. The van der Waals surface area contributed by atoms with Crippen LogP contribution in [0.15, 0.2) is 36.5 Å². The number of aromatic nitrogens is 3. The van der Waals surface area contributed by atoms with Crippen molar-refractivity contribution in [1.29, 1.82) is 0 Å². The van der Waals surface area contributed by atoms with Crippen LogP contribution in [0.2, 0.25) is 0 Å². The lowest BCUT2D eigenvalue weighted by Crippen LogP contribution is -2.33. The molecule has 24 heavy (non-hydrogen) atoms. The quantitative estimate of drug-likeness (QED) is 0.878. The predicted octanol–water partition coefficient (Wildman–Crippen LogP) is 2.18. The standard InChI is InChI=1S/C17H22N4O3/c1-13(24-12-15-9-5-6-10-23-15)17(22)19-16-11-18-20-21(16)14-7-3-2-4-8-14/h2-4,7-8,11,13,15H,5-6,9-10,12H2,1H3,(H,19,22). The number of carbonyl (C=O) groups is 1. The molecule has 2 unspecified atom stereocenters. The summed E-state index contributed by atoms with van der Waals surface area (Å²) in [6.07, 6.45) is 4.26. The summed E-state index contributed by atoms with van der Waals surface area (Å²) in [5.74, 6) is 0.279. The van der Waals surface area contributed by atoms with Crippen LogP contribution >= 0.6 is 0 Å².